The van der Waals surface area contributed by atoms with Crippen LogP contribution in [0.5, 0.6) is 5.75 Å². The second-order valence-electron chi connectivity index (χ2n) is 9.66. The summed E-state index contributed by atoms with van der Waals surface area (Å²) in [7, 11) is 0. The molecule has 1 fully saturated rings. The fraction of sp³-hybridized carbons (Fsp3) is 0.464. The van der Waals surface area contributed by atoms with E-state index in [-0.39, 0.29) is 17.6 Å². The van der Waals surface area contributed by atoms with Crippen LogP contribution >= 0.6 is 0 Å². The number of nitrogens with zero attached hydrogens (tertiary/aromatic N) is 1. The Morgan fingerprint density at radius 1 is 1.03 bits per heavy atom. The molecule has 0 bridgehead atoms. The first kappa shape index (κ1) is 24.0. The summed E-state index contributed by atoms with van der Waals surface area (Å²) in [5, 5.41) is 2.93. The van der Waals surface area contributed by atoms with Gasteiger partial charge in [-0.1, -0.05) is 30.7 Å². The Bertz CT molecular complexity index is 1060. The van der Waals surface area contributed by atoms with Crippen molar-refractivity contribution in [3.8, 4) is 5.75 Å². The van der Waals surface area contributed by atoms with E-state index in [1.807, 2.05) is 43.0 Å². The van der Waals surface area contributed by atoms with Gasteiger partial charge in [0.15, 0.2) is 5.78 Å². The van der Waals surface area contributed by atoms with Crippen molar-refractivity contribution in [1.29, 1.82) is 0 Å². The van der Waals surface area contributed by atoms with Crippen LogP contribution < -0.4 is 10.1 Å². The van der Waals surface area contributed by atoms with Crippen molar-refractivity contribution in [2.45, 2.75) is 64.4 Å². The Morgan fingerprint density at radius 3 is 2.50 bits per heavy atom. The van der Waals surface area contributed by atoms with Crippen LogP contribution in [0, 0.1) is 13.8 Å². The van der Waals surface area contributed by atoms with Gasteiger partial charge in [-0.3, -0.25) is 14.4 Å². The van der Waals surface area contributed by atoms with Crippen LogP contribution in [0.15, 0.2) is 42.5 Å². The first-order valence-corrected chi connectivity index (χ1v) is 12.3. The lowest BCUT2D eigenvalue weighted by Gasteiger charge is -2.44. The fourth-order valence-electron chi connectivity index (χ4n) is 5.01. The van der Waals surface area contributed by atoms with Gasteiger partial charge in [0, 0.05) is 44.5 Å². The Kier molecular flexibility index (Phi) is 7.35. The number of piperidine rings is 1. The van der Waals surface area contributed by atoms with E-state index in [0.29, 0.717) is 56.4 Å². The minimum absolute atomic E-state index is 0.0599. The number of carbonyl (C=O) groups excluding carboxylic acids is 3. The number of unbranched alkanes of at least 4 members (excludes halogenated alkanes) is 2. The number of benzene rings is 2. The lowest BCUT2D eigenvalue weighted by atomic mass is 9.81. The Balaban J connectivity index is 1.18. The van der Waals surface area contributed by atoms with Crippen LogP contribution in [-0.4, -0.2) is 47.7 Å². The quantitative estimate of drug-likeness (QED) is 0.609. The second kappa shape index (κ2) is 10.4. The van der Waals surface area contributed by atoms with Crippen molar-refractivity contribution in [1.82, 2.24) is 10.2 Å². The van der Waals surface area contributed by atoms with E-state index in [9.17, 15) is 14.4 Å². The van der Waals surface area contributed by atoms with Gasteiger partial charge in [0.1, 0.15) is 11.4 Å². The summed E-state index contributed by atoms with van der Waals surface area (Å²) in [5.41, 5.74) is 2.95. The topological polar surface area (TPSA) is 75.7 Å². The van der Waals surface area contributed by atoms with E-state index < -0.39 is 5.60 Å². The van der Waals surface area contributed by atoms with Gasteiger partial charge in [0.25, 0.3) is 5.91 Å². The highest BCUT2D eigenvalue weighted by atomic mass is 16.5. The van der Waals surface area contributed by atoms with E-state index in [4.69, 9.17) is 4.74 Å². The maximum atomic E-state index is 12.8. The molecule has 0 radical (unpaired) electrons. The highest BCUT2D eigenvalue weighted by Gasteiger charge is 2.44. The highest BCUT2D eigenvalue weighted by Crippen LogP contribution is 2.41. The predicted molar refractivity (Wildman–Crippen MR) is 131 cm³/mol. The van der Waals surface area contributed by atoms with Gasteiger partial charge in [-0.05, 0) is 56.0 Å². The summed E-state index contributed by atoms with van der Waals surface area (Å²) >= 11 is 0. The lowest BCUT2D eigenvalue weighted by molar-refractivity contribution is -0.134. The molecule has 1 saturated heterocycles. The molecule has 2 aromatic rings. The molecular formula is C28H34N2O4. The zero-order valence-electron chi connectivity index (χ0n) is 20.2. The molecule has 2 amide bonds. The van der Waals surface area contributed by atoms with Gasteiger partial charge >= 0.3 is 0 Å². The normalized spacial score (nSPS) is 16.6. The number of likely N-dealkylation sites (tertiary alicyclic amines) is 1. The number of hydrogen-bond donors (Lipinski definition) is 1. The number of carbonyl (C=O) groups is 3. The molecule has 1 spiro atoms. The monoisotopic (exact) mass is 462 g/mol. The molecule has 180 valence electrons. The van der Waals surface area contributed by atoms with Gasteiger partial charge in [0.05, 0.1) is 12.0 Å². The molecule has 34 heavy (non-hydrogen) atoms. The molecule has 2 aliphatic heterocycles. The van der Waals surface area contributed by atoms with E-state index in [2.05, 4.69) is 11.4 Å². The van der Waals surface area contributed by atoms with Crippen LogP contribution in [0.2, 0.25) is 0 Å². The molecular weight excluding hydrogens is 428 g/mol. The number of ketones is 1. The minimum Gasteiger partial charge on any atom is -0.486 e. The maximum Gasteiger partial charge on any atom is 0.251 e. The summed E-state index contributed by atoms with van der Waals surface area (Å²) in [6, 6.07) is 13.2. The molecule has 0 unspecified atom stereocenters. The Morgan fingerprint density at radius 2 is 1.76 bits per heavy atom. The van der Waals surface area contributed by atoms with Crippen molar-refractivity contribution < 1.29 is 19.1 Å². The number of fused-ring (bicyclic) bond motifs is 1. The Hall–Kier alpha value is -3.15. The summed E-state index contributed by atoms with van der Waals surface area (Å²) in [4.78, 5) is 39.5. The molecule has 4 rings (SSSR count). The number of amides is 2. The van der Waals surface area contributed by atoms with Crippen molar-refractivity contribution >= 4 is 17.6 Å². The van der Waals surface area contributed by atoms with Gasteiger partial charge in [0.2, 0.25) is 5.91 Å². The van der Waals surface area contributed by atoms with E-state index in [1.54, 1.807) is 12.1 Å². The SMILES string of the molecule is Cc1cc(C)c2c(c1)C(=O)CC1(CCN(C(=O)CCCCCNC(=O)c3ccccc3)CC1)O2. The van der Waals surface area contributed by atoms with Crippen molar-refractivity contribution in [3.05, 3.63) is 64.7 Å². The minimum atomic E-state index is -0.488. The highest BCUT2D eigenvalue weighted by molar-refractivity contribution is 6.01. The number of Topliss-reactive ketones (excluding diaryl/α,β-unsaturated/α-hetero) is 1. The molecule has 6 nitrogen and oxygen atoms in total. The van der Waals surface area contributed by atoms with Gasteiger partial charge in [-0.15, -0.1) is 0 Å². The third kappa shape index (κ3) is 5.49. The van der Waals surface area contributed by atoms with Crippen molar-refractivity contribution in [2.24, 2.45) is 0 Å². The van der Waals surface area contributed by atoms with Crippen molar-refractivity contribution in [3.63, 3.8) is 0 Å². The molecule has 0 atom stereocenters. The van der Waals surface area contributed by atoms with Gasteiger partial charge in [-0.25, -0.2) is 0 Å². The third-order valence-corrected chi connectivity index (χ3v) is 6.94. The maximum absolute atomic E-state index is 12.8. The van der Waals surface area contributed by atoms with Crippen LogP contribution in [0.3, 0.4) is 0 Å². The molecule has 2 aliphatic rings. The summed E-state index contributed by atoms with van der Waals surface area (Å²) in [6.07, 6.45) is 4.82. The number of hydrogen-bond acceptors (Lipinski definition) is 4. The van der Waals surface area contributed by atoms with E-state index in [0.717, 1.165) is 36.1 Å². The molecule has 0 saturated carbocycles. The molecule has 0 aliphatic carbocycles. The number of rotatable bonds is 7. The van der Waals surface area contributed by atoms with Gasteiger partial charge < -0.3 is 15.0 Å². The molecule has 1 N–H and O–H groups in total. The molecule has 6 heteroatoms. The summed E-state index contributed by atoms with van der Waals surface area (Å²) < 4.78 is 6.43. The number of aryl methyl sites for hydroxylation is 2. The fourth-order valence-corrected chi connectivity index (χ4v) is 5.01. The first-order valence-electron chi connectivity index (χ1n) is 12.3. The molecule has 0 aromatic heterocycles. The van der Waals surface area contributed by atoms with Crippen LogP contribution in [0.1, 0.15) is 76.8 Å². The lowest BCUT2D eigenvalue weighted by Crippen LogP contribution is -2.52. The first-order chi connectivity index (χ1) is 16.4. The van der Waals surface area contributed by atoms with E-state index in [1.165, 1.54) is 0 Å². The predicted octanol–water partition coefficient (Wildman–Crippen LogP) is 4.62. The summed E-state index contributed by atoms with van der Waals surface area (Å²) in [6.45, 7) is 5.85. The van der Waals surface area contributed by atoms with Crippen LogP contribution in [0.4, 0.5) is 0 Å². The third-order valence-electron chi connectivity index (χ3n) is 6.94. The Labute approximate surface area is 201 Å². The van der Waals surface area contributed by atoms with Crippen molar-refractivity contribution in [2.75, 3.05) is 19.6 Å². The van der Waals surface area contributed by atoms with E-state index >= 15 is 0 Å². The van der Waals surface area contributed by atoms with Crippen LogP contribution in [0.25, 0.3) is 0 Å². The molecule has 2 aromatic carbocycles. The second-order valence-corrected chi connectivity index (χ2v) is 9.66. The molecule has 2 heterocycles. The standard InChI is InChI=1S/C28H34N2O4/c1-20-17-21(2)26-23(18-20)24(31)19-28(34-26)12-15-30(16-13-28)25(32)11-7-4-8-14-29-27(33)22-9-5-3-6-10-22/h3,5-6,9-10,17-18H,4,7-8,11-16,19H2,1-2H3,(H,29,33). The summed E-state index contributed by atoms with van der Waals surface area (Å²) in [5.74, 6) is 0.973. The number of nitrogens with one attached hydrogen (secondary N) is 1. The zero-order chi connectivity index (χ0) is 24.1. The average Bonchev–Trinajstić information content (AvgIpc) is 2.83. The van der Waals surface area contributed by atoms with Gasteiger partial charge in [-0.2, -0.15) is 0 Å². The largest absolute Gasteiger partial charge is 0.486 e. The van der Waals surface area contributed by atoms with Crippen LogP contribution in [-0.2, 0) is 4.79 Å². The zero-order valence-corrected chi connectivity index (χ0v) is 20.2. The average molecular weight is 463 g/mol. The smallest absolute Gasteiger partial charge is 0.251 e. The number of ether oxygens (including phenoxy) is 1.